The van der Waals surface area contributed by atoms with Gasteiger partial charge in [0.25, 0.3) is 0 Å². The molecule has 1 fully saturated rings. The zero-order valence-corrected chi connectivity index (χ0v) is 11.4. The third-order valence-electron chi connectivity index (χ3n) is 3.64. The lowest BCUT2D eigenvalue weighted by Crippen LogP contribution is -2.41. The lowest BCUT2D eigenvalue weighted by Gasteiger charge is -2.32. The first-order chi connectivity index (χ1) is 9.20. The van der Waals surface area contributed by atoms with E-state index in [1.54, 1.807) is 18.2 Å². The van der Waals surface area contributed by atoms with Crippen LogP contribution in [0.2, 0.25) is 0 Å². The van der Waals surface area contributed by atoms with E-state index in [-0.39, 0.29) is 11.3 Å². The lowest BCUT2D eigenvalue weighted by atomic mass is 9.97. The highest BCUT2D eigenvalue weighted by atomic mass is 19.1. The van der Waals surface area contributed by atoms with Crippen LogP contribution in [0.5, 0.6) is 0 Å². The second-order valence-corrected chi connectivity index (χ2v) is 5.20. The maximum absolute atomic E-state index is 13.5. The van der Waals surface area contributed by atoms with Gasteiger partial charge in [-0.15, -0.1) is 0 Å². The van der Waals surface area contributed by atoms with Gasteiger partial charge in [0.05, 0.1) is 12.1 Å². The van der Waals surface area contributed by atoms with Crippen molar-refractivity contribution in [3.63, 3.8) is 0 Å². The summed E-state index contributed by atoms with van der Waals surface area (Å²) < 4.78 is 13.5. The van der Waals surface area contributed by atoms with E-state index < -0.39 is 5.82 Å². The molecule has 0 aromatic heterocycles. The minimum absolute atomic E-state index is 0.122. The van der Waals surface area contributed by atoms with Crippen LogP contribution in [0.3, 0.4) is 0 Å². The van der Waals surface area contributed by atoms with Crippen LogP contribution in [-0.4, -0.2) is 43.9 Å². The summed E-state index contributed by atoms with van der Waals surface area (Å²) in [6.07, 6.45) is 2.31. The van der Waals surface area contributed by atoms with E-state index in [1.165, 1.54) is 12.5 Å². The van der Waals surface area contributed by atoms with Gasteiger partial charge in [-0.1, -0.05) is 12.1 Å². The third kappa shape index (κ3) is 3.85. The molecular weight excluding hydrogens is 243 g/mol. The van der Waals surface area contributed by atoms with E-state index in [2.05, 4.69) is 10.2 Å². The number of piperidine rings is 1. The summed E-state index contributed by atoms with van der Waals surface area (Å²) in [4.78, 5) is 14.2. The minimum Gasteiger partial charge on any atom is -0.319 e. The van der Waals surface area contributed by atoms with Crippen LogP contribution in [-0.2, 0) is 0 Å². The van der Waals surface area contributed by atoms with Gasteiger partial charge in [-0.3, -0.25) is 9.69 Å². The monoisotopic (exact) mass is 264 g/mol. The number of carbonyl (C=O) groups is 1. The second kappa shape index (κ2) is 6.78. The van der Waals surface area contributed by atoms with Crippen molar-refractivity contribution in [2.75, 3.05) is 33.2 Å². The number of carbonyl (C=O) groups excluding carboxylic acids is 1. The number of likely N-dealkylation sites (tertiary alicyclic amines) is 1. The van der Waals surface area contributed by atoms with Gasteiger partial charge < -0.3 is 5.32 Å². The summed E-state index contributed by atoms with van der Waals surface area (Å²) in [5, 5.41) is 3.18. The molecule has 19 heavy (non-hydrogen) atoms. The SMILES string of the molecule is CNCC1CCCN(CC(=O)c2ccccc2F)C1. The van der Waals surface area contributed by atoms with Crippen LogP contribution in [0.15, 0.2) is 24.3 Å². The van der Waals surface area contributed by atoms with Crippen LogP contribution in [0.1, 0.15) is 23.2 Å². The molecular formula is C15H21FN2O. The summed E-state index contributed by atoms with van der Waals surface area (Å²) in [7, 11) is 1.95. The van der Waals surface area contributed by atoms with E-state index >= 15 is 0 Å². The third-order valence-corrected chi connectivity index (χ3v) is 3.64. The topological polar surface area (TPSA) is 32.3 Å². The number of halogens is 1. The Kier molecular flexibility index (Phi) is 5.05. The predicted octanol–water partition coefficient (Wildman–Crippen LogP) is 1.94. The summed E-state index contributed by atoms with van der Waals surface area (Å²) in [6, 6.07) is 6.21. The van der Waals surface area contributed by atoms with Gasteiger partial charge in [-0.05, 0) is 51.0 Å². The minimum atomic E-state index is -0.420. The fraction of sp³-hybridized carbons (Fsp3) is 0.533. The smallest absolute Gasteiger partial charge is 0.179 e. The van der Waals surface area contributed by atoms with Crippen molar-refractivity contribution in [2.24, 2.45) is 5.92 Å². The molecule has 3 nitrogen and oxygen atoms in total. The Morgan fingerprint density at radius 1 is 1.47 bits per heavy atom. The maximum atomic E-state index is 13.5. The first kappa shape index (κ1) is 14.2. The molecule has 0 radical (unpaired) electrons. The number of ketones is 1. The maximum Gasteiger partial charge on any atom is 0.179 e. The van der Waals surface area contributed by atoms with E-state index in [9.17, 15) is 9.18 Å². The van der Waals surface area contributed by atoms with Gasteiger partial charge in [-0.2, -0.15) is 0 Å². The Labute approximate surface area is 113 Å². The normalized spacial score (nSPS) is 20.4. The molecule has 2 rings (SSSR count). The highest BCUT2D eigenvalue weighted by molar-refractivity contribution is 5.97. The molecule has 1 saturated heterocycles. The molecule has 0 saturated carbocycles. The molecule has 1 aromatic rings. The van der Waals surface area contributed by atoms with Crippen molar-refractivity contribution < 1.29 is 9.18 Å². The van der Waals surface area contributed by atoms with Gasteiger partial charge >= 0.3 is 0 Å². The quantitative estimate of drug-likeness (QED) is 0.825. The Hall–Kier alpha value is -1.26. The number of hydrogen-bond donors (Lipinski definition) is 1. The van der Waals surface area contributed by atoms with E-state index in [0.717, 1.165) is 26.1 Å². The van der Waals surface area contributed by atoms with Crippen LogP contribution < -0.4 is 5.32 Å². The van der Waals surface area contributed by atoms with Crippen LogP contribution >= 0.6 is 0 Å². The molecule has 4 heteroatoms. The van der Waals surface area contributed by atoms with Crippen molar-refractivity contribution in [2.45, 2.75) is 12.8 Å². The van der Waals surface area contributed by atoms with E-state index in [1.807, 2.05) is 7.05 Å². The molecule has 0 aliphatic carbocycles. The first-order valence-electron chi connectivity index (χ1n) is 6.85. The summed E-state index contributed by atoms with van der Waals surface area (Å²) >= 11 is 0. The average Bonchev–Trinajstić information content (AvgIpc) is 2.40. The Morgan fingerprint density at radius 2 is 2.26 bits per heavy atom. The van der Waals surface area contributed by atoms with Gasteiger partial charge in [0.2, 0.25) is 0 Å². The molecule has 1 N–H and O–H groups in total. The number of nitrogens with zero attached hydrogens (tertiary/aromatic N) is 1. The zero-order chi connectivity index (χ0) is 13.7. The molecule has 0 amide bonds. The average molecular weight is 264 g/mol. The molecule has 0 spiro atoms. The van der Waals surface area contributed by atoms with Gasteiger partial charge in [0, 0.05) is 6.54 Å². The largest absolute Gasteiger partial charge is 0.319 e. The van der Waals surface area contributed by atoms with Crippen LogP contribution in [0, 0.1) is 11.7 Å². The van der Waals surface area contributed by atoms with Crippen molar-refractivity contribution in [1.82, 2.24) is 10.2 Å². The Balaban J connectivity index is 1.93. The van der Waals surface area contributed by atoms with Crippen LogP contribution in [0.25, 0.3) is 0 Å². The van der Waals surface area contributed by atoms with E-state index in [0.29, 0.717) is 12.5 Å². The molecule has 1 aliphatic rings. The first-order valence-corrected chi connectivity index (χ1v) is 6.85. The lowest BCUT2D eigenvalue weighted by molar-refractivity contribution is 0.0883. The Morgan fingerprint density at radius 3 is 3.00 bits per heavy atom. The molecule has 0 bridgehead atoms. The summed E-state index contributed by atoms with van der Waals surface area (Å²) in [5.41, 5.74) is 0.207. The second-order valence-electron chi connectivity index (χ2n) is 5.20. The highest BCUT2D eigenvalue weighted by Gasteiger charge is 2.22. The van der Waals surface area contributed by atoms with Crippen molar-refractivity contribution in [3.05, 3.63) is 35.6 Å². The van der Waals surface area contributed by atoms with E-state index in [4.69, 9.17) is 0 Å². The fourth-order valence-electron chi connectivity index (χ4n) is 2.73. The standard InChI is InChI=1S/C15H21FN2O/c1-17-9-12-5-4-8-18(10-12)11-15(19)13-6-2-3-7-14(13)16/h2-3,6-7,12,17H,4-5,8-11H2,1H3. The number of hydrogen-bond acceptors (Lipinski definition) is 3. The van der Waals surface area contributed by atoms with Gasteiger partial charge in [0.1, 0.15) is 5.82 Å². The Bertz CT molecular complexity index is 434. The predicted molar refractivity (Wildman–Crippen MR) is 73.8 cm³/mol. The summed E-state index contributed by atoms with van der Waals surface area (Å²) in [5.74, 6) is 0.0478. The fourth-order valence-corrected chi connectivity index (χ4v) is 2.73. The number of Topliss-reactive ketones (excluding diaryl/α,β-unsaturated/α-hetero) is 1. The number of benzene rings is 1. The number of nitrogens with one attached hydrogen (secondary N) is 1. The molecule has 104 valence electrons. The summed E-state index contributed by atoms with van der Waals surface area (Å²) in [6.45, 7) is 3.15. The highest BCUT2D eigenvalue weighted by Crippen LogP contribution is 2.16. The van der Waals surface area contributed by atoms with Gasteiger partial charge in [0.15, 0.2) is 5.78 Å². The molecule has 1 unspecified atom stereocenters. The van der Waals surface area contributed by atoms with Crippen molar-refractivity contribution >= 4 is 5.78 Å². The van der Waals surface area contributed by atoms with Gasteiger partial charge in [-0.25, -0.2) is 4.39 Å². The van der Waals surface area contributed by atoms with Crippen LogP contribution in [0.4, 0.5) is 4.39 Å². The molecule has 1 heterocycles. The molecule has 1 aliphatic heterocycles. The number of rotatable bonds is 5. The van der Waals surface area contributed by atoms with Crippen molar-refractivity contribution in [1.29, 1.82) is 0 Å². The zero-order valence-electron chi connectivity index (χ0n) is 11.4. The molecule has 1 aromatic carbocycles. The molecule has 1 atom stereocenters. The van der Waals surface area contributed by atoms with Crippen molar-refractivity contribution in [3.8, 4) is 0 Å².